The molecule has 1 heterocycles. The van der Waals surface area contributed by atoms with Gasteiger partial charge in [0, 0.05) is 12.7 Å². The largest absolute Gasteiger partial charge is 0.348 e. The van der Waals surface area contributed by atoms with Crippen LogP contribution in [0.4, 0.5) is 5.82 Å². The van der Waals surface area contributed by atoms with Gasteiger partial charge in [-0.25, -0.2) is 4.98 Å². The predicted molar refractivity (Wildman–Crippen MR) is 56.3 cm³/mol. The first-order chi connectivity index (χ1) is 7.13. The van der Waals surface area contributed by atoms with Crippen LogP contribution in [0.3, 0.4) is 0 Å². The Balaban J connectivity index is 2.62. The molecule has 15 heavy (non-hydrogen) atoms. The van der Waals surface area contributed by atoms with Crippen molar-refractivity contribution >= 4 is 17.6 Å². The lowest BCUT2D eigenvalue weighted by Crippen LogP contribution is -2.35. The van der Waals surface area contributed by atoms with E-state index in [0.717, 1.165) is 5.56 Å². The van der Waals surface area contributed by atoms with E-state index in [1.807, 2.05) is 13.0 Å². The third-order valence-corrected chi connectivity index (χ3v) is 1.70. The molecule has 5 nitrogen and oxygen atoms in total. The highest BCUT2D eigenvalue weighted by Crippen LogP contribution is 2.04. The number of likely N-dealkylation sites (N-methyl/N-ethyl adjacent to an activating group) is 1. The second-order valence-electron chi connectivity index (χ2n) is 3.03. The second-order valence-corrected chi connectivity index (χ2v) is 3.03. The summed E-state index contributed by atoms with van der Waals surface area (Å²) in [5.41, 5.74) is 0.969. The Hall–Kier alpha value is -1.91. The lowest BCUT2D eigenvalue weighted by Gasteiger charge is -2.04. The number of aryl methyl sites for hydroxylation is 1. The molecule has 0 atom stereocenters. The third-order valence-electron chi connectivity index (χ3n) is 1.70. The number of rotatable bonds is 2. The van der Waals surface area contributed by atoms with Crippen LogP contribution in [0.5, 0.6) is 0 Å². The molecule has 0 fully saturated rings. The Morgan fingerprint density at radius 3 is 2.73 bits per heavy atom. The van der Waals surface area contributed by atoms with Gasteiger partial charge >= 0.3 is 11.8 Å². The van der Waals surface area contributed by atoms with Gasteiger partial charge in [-0.2, -0.15) is 0 Å². The zero-order chi connectivity index (χ0) is 11.3. The first-order valence-electron chi connectivity index (χ1n) is 4.65. The number of carbonyl (C=O) groups is 2. The normalized spacial score (nSPS) is 9.47. The summed E-state index contributed by atoms with van der Waals surface area (Å²) in [5, 5.41) is 4.81. The lowest BCUT2D eigenvalue weighted by atomic mass is 10.3. The van der Waals surface area contributed by atoms with Gasteiger partial charge in [0.25, 0.3) is 0 Å². The van der Waals surface area contributed by atoms with Crippen molar-refractivity contribution < 1.29 is 9.59 Å². The second kappa shape index (κ2) is 5.09. The van der Waals surface area contributed by atoms with Gasteiger partial charge in [-0.15, -0.1) is 0 Å². The fourth-order valence-corrected chi connectivity index (χ4v) is 1.02. The molecule has 2 N–H and O–H groups in total. The van der Waals surface area contributed by atoms with Crippen LogP contribution in [0.15, 0.2) is 18.3 Å². The number of amides is 2. The van der Waals surface area contributed by atoms with Crippen molar-refractivity contribution in [2.75, 3.05) is 11.9 Å². The van der Waals surface area contributed by atoms with Crippen LogP contribution in [-0.4, -0.2) is 23.3 Å². The van der Waals surface area contributed by atoms with Gasteiger partial charge in [-0.1, -0.05) is 0 Å². The molecule has 0 spiro atoms. The average molecular weight is 207 g/mol. The first-order valence-corrected chi connectivity index (χ1v) is 4.65. The van der Waals surface area contributed by atoms with E-state index in [1.165, 1.54) is 0 Å². The molecule has 0 radical (unpaired) electrons. The molecular formula is C10H13N3O2. The van der Waals surface area contributed by atoms with Crippen molar-refractivity contribution in [3.05, 3.63) is 23.9 Å². The molecule has 0 unspecified atom stereocenters. The molecular weight excluding hydrogens is 194 g/mol. The topological polar surface area (TPSA) is 71.1 Å². The van der Waals surface area contributed by atoms with Crippen LogP contribution in [0.25, 0.3) is 0 Å². The molecule has 80 valence electrons. The summed E-state index contributed by atoms with van der Waals surface area (Å²) in [6.07, 6.45) is 1.57. The number of hydrogen-bond acceptors (Lipinski definition) is 3. The number of nitrogens with zero attached hydrogens (tertiary/aromatic N) is 1. The van der Waals surface area contributed by atoms with Gasteiger partial charge in [0.05, 0.1) is 0 Å². The minimum Gasteiger partial charge on any atom is -0.348 e. The van der Waals surface area contributed by atoms with Crippen LogP contribution >= 0.6 is 0 Å². The van der Waals surface area contributed by atoms with Crippen molar-refractivity contribution in [3.8, 4) is 0 Å². The van der Waals surface area contributed by atoms with E-state index >= 15 is 0 Å². The SMILES string of the molecule is CCNC(=O)C(=O)Nc1cc(C)ccn1. The molecule has 0 aliphatic rings. The average Bonchev–Trinajstić information content (AvgIpc) is 2.18. The van der Waals surface area contributed by atoms with Crippen molar-refractivity contribution in [1.29, 1.82) is 0 Å². The summed E-state index contributed by atoms with van der Waals surface area (Å²) in [7, 11) is 0. The summed E-state index contributed by atoms with van der Waals surface area (Å²) in [6.45, 7) is 4.05. The molecule has 5 heteroatoms. The number of hydrogen-bond donors (Lipinski definition) is 2. The third kappa shape index (κ3) is 3.38. The van der Waals surface area contributed by atoms with Crippen LogP contribution in [-0.2, 0) is 9.59 Å². The van der Waals surface area contributed by atoms with Gasteiger partial charge < -0.3 is 10.6 Å². The summed E-state index contributed by atoms with van der Waals surface area (Å²) >= 11 is 0. The fraction of sp³-hybridized carbons (Fsp3) is 0.300. The summed E-state index contributed by atoms with van der Waals surface area (Å²) in [4.78, 5) is 26.2. The number of anilines is 1. The fourth-order valence-electron chi connectivity index (χ4n) is 1.02. The lowest BCUT2D eigenvalue weighted by molar-refractivity contribution is -0.136. The molecule has 0 bridgehead atoms. The quantitative estimate of drug-likeness (QED) is 0.692. The molecule has 0 aromatic carbocycles. The van der Waals surface area contributed by atoms with E-state index in [0.29, 0.717) is 12.4 Å². The van der Waals surface area contributed by atoms with Crippen molar-refractivity contribution in [2.24, 2.45) is 0 Å². The molecule has 1 aromatic heterocycles. The van der Waals surface area contributed by atoms with Gasteiger partial charge in [-0.05, 0) is 31.5 Å². The Morgan fingerprint density at radius 1 is 1.40 bits per heavy atom. The highest BCUT2D eigenvalue weighted by Gasteiger charge is 2.12. The van der Waals surface area contributed by atoms with Crippen molar-refractivity contribution in [3.63, 3.8) is 0 Å². The maximum atomic E-state index is 11.3. The summed E-state index contributed by atoms with van der Waals surface area (Å²) < 4.78 is 0. The van der Waals surface area contributed by atoms with E-state index in [9.17, 15) is 9.59 Å². The highest BCUT2D eigenvalue weighted by molar-refractivity contribution is 6.39. The molecule has 0 saturated heterocycles. The number of carbonyl (C=O) groups excluding carboxylic acids is 2. The van der Waals surface area contributed by atoms with E-state index in [2.05, 4.69) is 15.6 Å². The zero-order valence-corrected chi connectivity index (χ0v) is 8.70. The van der Waals surface area contributed by atoms with E-state index in [1.54, 1.807) is 19.2 Å². The maximum absolute atomic E-state index is 11.3. The number of aromatic nitrogens is 1. The minimum absolute atomic E-state index is 0.381. The Bertz CT molecular complexity index is 377. The van der Waals surface area contributed by atoms with Crippen molar-refractivity contribution in [1.82, 2.24) is 10.3 Å². The van der Waals surface area contributed by atoms with Gasteiger partial charge in [0.2, 0.25) is 0 Å². The standard InChI is InChI=1S/C10H13N3O2/c1-3-11-9(14)10(15)13-8-6-7(2)4-5-12-8/h4-6H,3H2,1-2H3,(H,11,14)(H,12,13,15). The Labute approximate surface area is 87.9 Å². The minimum atomic E-state index is -0.699. The number of pyridine rings is 1. The zero-order valence-electron chi connectivity index (χ0n) is 8.70. The van der Waals surface area contributed by atoms with Crippen LogP contribution in [0, 0.1) is 6.92 Å². The molecule has 2 amide bonds. The van der Waals surface area contributed by atoms with Crippen LogP contribution in [0.1, 0.15) is 12.5 Å². The summed E-state index contributed by atoms with van der Waals surface area (Å²) in [5.74, 6) is -0.970. The molecule has 1 rings (SSSR count). The monoisotopic (exact) mass is 207 g/mol. The Morgan fingerprint density at radius 2 is 2.13 bits per heavy atom. The van der Waals surface area contributed by atoms with E-state index in [-0.39, 0.29) is 0 Å². The molecule has 0 aliphatic carbocycles. The predicted octanol–water partition coefficient (Wildman–Crippen LogP) is 0.465. The van der Waals surface area contributed by atoms with Crippen molar-refractivity contribution in [2.45, 2.75) is 13.8 Å². The van der Waals surface area contributed by atoms with Gasteiger partial charge in [0.15, 0.2) is 0 Å². The van der Waals surface area contributed by atoms with Gasteiger partial charge in [0.1, 0.15) is 5.82 Å². The molecule has 0 saturated carbocycles. The molecule has 0 aliphatic heterocycles. The van der Waals surface area contributed by atoms with Crippen LogP contribution in [0.2, 0.25) is 0 Å². The highest BCUT2D eigenvalue weighted by atomic mass is 16.2. The smallest absolute Gasteiger partial charge is 0.314 e. The Kier molecular flexibility index (Phi) is 3.79. The number of nitrogens with one attached hydrogen (secondary N) is 2. The van der Waals surface area contributed by atoms with E-state index < -0.39 is 11.8 Å². The van der Waals surface area contributed by atoms with Crippen LogP contribution < -0.4 is 10.6 Å². The maximum Gasteiger partial charge on any atom is 0.314 e. The van der Waals surface area contributed by atoms with Gasteiger partial charge in [-0.3, -0.25) is 9.59 Å². The first kappa shape index (κ1) is 11.2. The summed E-state index contributed by atoms with van der Waals surface area (Å²) in [6, 6.07) is 3.50. The van der Waals surface area contributed by atoms with E-state index in [4.69, 9.17) is 0 Å². The molecule has 1 aromatic rings.